The third-order valence-electron chi connectivity index (χ3n) is 7.45. The van der Waals surface area contributed by atoms with Gasteiger partial charge in [-0.2, -0.15) is 13.2 Å². The molecule has 0 bridgehead atoms. The SMILES string of the molecule is C=CC(=O)N1CC(N2CC(c3cc4c(c(C(F)(F)F)n3)OCc3c(N5CCOCC5)ccnc3N4)C2)C1. The maximum atomic E-state index is 14.1. The van der Waals surface area contributed by atoms with E-state index in [2.05, 4.69) is 31.7 Å². The van der Waals surface area contributed by atoms with E-state index in [0.29, 0.717) is 69.6 Å². The van der Waals surface area contributed by atoms with E-state index in [4.69, 9.17) is 9.47 Å². The fourth-order valence-corrected chi connectivity index (χ4v) is 5.29. The second-order valence-electron chi connectivity index (χ2n) is 9.69. The van der Waals surface area contributed by atoms with E-state index in [0.717, 1.165) is 5.69 Å². The van der Waals surface area contributed by atoms with Crippen molar-refractivity contribution >= 4 is 23.1 Å². The number of amides is 1. The predicted octanol–water partition coefficient (Wildman–Crippen LogP) is 2.76. The number of likely N-dealkylation sites (tertiary alicyclic amines) is 2. The molecule has 2 aromatic heterocycles. The van der Waals surface area contributed by atoms with Crippen molar-refractivity contribution in [3.8, 4) is 5.75 Å². The van der Waals surface area contributed by atoms with Gasteiger partial charge < -0.3 is 24.6 Å². The molecule has 0 spiro atoms. The number of rotatable bonds is 4. The van der Waals surface area contributed by atoms with Gasteiger partial charge in [-0.25, -0.2) is 9.97 Å². The number of anilines is 3. The molecule has 37 heavy (non-hydrogen) atoms. The van der Waals surface area contributed by atoms with Gasteiger partial charge in [0.1, 0.15) is 12.4 Å². The van der Waals surface area contributed by atoms with Gasteiger partial charge in [0.25, 0.3) is 0 Å². The third-order valence-corrected chi connectivity index (χ3v) is 7.45. The van der Waals surface area contributed by atoms with Crippen LogP contribution in [0.3, 0.4) is 0 Å². The van der Waals surface area contributed by atoms with Gasteiger partial charge in [0.15, 0.2) is 11.4 Å². The first-order chi connectivity index (χ1) is 17.8. The molecule has 3 saturated heterocycles. The van der Waals surface area contributed by atoms with Gasteiger partial charge in [-0.3, -0.25) is 9.69 Å². The highest BCUT2D eigenvalue weighted by atomic mass is 19.4. The Labute approximate surface area is 211 Å². The number of morpholine rings is 1. The lowest BCUT2D eigenvalue weighted by Gasteiger charge is -2.51. The minimum absolute atomic E-state index is 0.0568. The average Bonchev–Trinajstić information content (AvgIpc) is 3.02. The number of fused-ring (bicyclic) bond motifs is 2. The van der Waals surface area contributed by atoms with Gasteiger partial charge in [0.2, 0.25) is 5.91 Å². The molecule has 4 aliphatic heterocycles. The molecule has 3 fully saturated rings. The number of hydrogen-bond donors (Lipinski definition) is 1. The summed E-state index contributed by atoms with van der Waals surface area (Å²) in [5, 5.41) is 3.12. The minimum atomic E-state index is -4.68. The van der Waals surface area contributed by atoms with Crippen LogP contribution in [-0.2, 0) is 22.3 Å². The largest absolute Gasteiger partial charge is 0.484 e. The quantitative estimate of drug-likeness (QED) is 0.622. The zero-order chi connectivity index (χ0) is 25.7. The predicted molar refractivity (Wildman–Crippen MR) is 129 cm³/mol. The van der Waals surface area contributed by atoms with E-state index < -0.39 is 11.9 Å². The number of carbonyl (C=O) groups is 1. The van der Waals surface area contributed by atoms with Crippen LogP contribution >= 0.6 is 0 Å². The Morgan fingerprint density at radius 1 is 1.19 bits per heavy atom. The lowest BCUT2D eigenvalue weighted by atomic mass is 9.91. The molecule has 2 aromatic rings. The Kier molecular flexibility index (Phi) is 5.95. The van der Waals surface area contributed by atoms with E-state index in [1.54, 1.807) is 17.2 Å². The monoisotopic (exact) mass is 516 g/mol. The van der Waals surface area contributed by atoms with Gasteiger partial charge in [-0.05, 0) is 18.2 Å². The molecule has 1 amide bonds. The van der Waals surface area contributed by atoms with Crippen LogP contribution in [0.2, 0.25) is 0 Å². The number of halogens is 3. The van der Waals surface area contributed by atoms with Crippen molar-refractivity contribution in [2.75, 3.05) is 62.7 Å². The summed E-state index contributed by atoms with van der Waals surface area (Å²) in [4.78, 5) is 26.2. The Morgan fingerprint density at radius 3 is 2.65 bits per heavy atom. The van der Waals surface area contributed by atoms with Crippen LogP contribution in [0.15, 0.2) is 31.0 Å². The smallest absolute Gasteiger partial charge is 0.437 e. The van der Waals surface area contributed by atoms with Crippen LogP contribution in [0.4, 0.5) is 30.4 Å². The maximum Gasteiger partial charge on any atom is 0.437 e. The van der Waals surface area contributed by atoms with Crippen molar-refractivity contribution in [3.05, 3.63) is 47.9 Å². The highest BCUT2D eigenvalue weighted by molar-refractivity contribution is 5.87. The number of hydrogen-bond acceptors (Lipinski definition) is 8. The summed E-state index contributed by atoms with van der Waals surface area (Å²) in [7, 11) is 0. The van der Waals surface area contributed by atoms with E-state index in [-0.39, 0.29) is 35.9 Å². The zero-order valence-corrected chi connectivity index (χ0v) is 20.1. The number of nitrogens with zero attached hydrogens (tertiary/aromatic N) is 5. The zero-order valence-electron chi connectivity index (χ0n) is 20.1. The van der Waals surface area contributed by atoms with Crippen LogP contribution in [0.5, 0.6) is 5.75 Å². The number of nitrogens with one attached hydrogen (secondary N) is 1. The van der Waals surface area contributed by atoms with Crippen molar-refractivity contribution in [2.24, 2.45) is 0 Å². The summed E-state index contributed by atoms with van der Waals surface area (Å²) in [6.07, 6.45) is -1.74. The molecule has 0 unspecified atom stereocenters. The first kappa shape index (κ1) is 24.0. The molecule has 6 rings (SSSR count). The standard InChI is InChI=1S/C25H27F3N6O3/c1-2-21(35)34-12-16(13-34)33-10-15(11-33)18-9-19-22(23(30-18)25(26,27)28)37-14-17-20(3-4-29-24(17)31-19)32-5-7-36-8-6-32/h2-4,9,15-16H,1,5-8,10-14H2,(H,29,31). The number of pyridine rings is 2. The molecule has 1 N–H and O–H groups in total. The van der Waals surface area contributed by atoms with Crippen LogP contribution in [0, 0.1) is 0 Å². The minimum Gasteiger partial charge on any atom is -0.484 e. The normalized spacial score (nSPS) is 20.5. The number of ether oxygens (including phenoxy) is 2. The van der Waals surface area contributed by atoms with Gasteiger partial charge in [0, 0.05) is 68.8 Å². The Bertz CT molecular complexity index is 1220. The lowest BCUT2D eigenvalue weighted by Crippen LogP contribution is -2.65. The highest BCUT2D eigenvalue weighted by Crippen LogP contribution is 2.45. The summed E-state index contributed by atoms with van der Waals surface area (Å²) < 4.78 is 53.6. The first-order valence-corrected chi connectivity index (χ1v) is 12.3. The molecule has 0 saturated carbocycles. The third kappa shape index (κ3) is 4.37. The topological polar surface area (TPSA) is 83.1 Å². The van der Waals surface area contributed by atoms with Crippen molar-refractivity contribution in [3.63, 3.8) is 0 Å². The molecule has 0 atom stereocenters. The molecular formula is C25H27F3N6O3. The van der Waals surface area contributed by atoms with E-state index in [1.807, 2.05) is 6.07 Å². The van der Waals surface area contributed by atoms with Crippen molar-refractivity contribution in [1.29, 1.82) is 0 Å². The summed E-state index contributed by atoms with van der Waals surface area (Å²) in [6, 6.07) is 3.71. The first-order valence-electron chi connectivity index (χ1n) is 12.3. The lowest BCUT2D eigenvalue weighted by molar-refractivity contribution is -0.142. The molecule has 9 nitrogen and oxygen atoms in total. The number of aromatic nitrogens is 2. The van der Waals surface area contributed by atoms with E-state index >= 15 is 0 Å². The van der Waals surface area contributed by atoms with Gasteiger partial charge in [0.05, 0.1) is 24.5 Å². The number of alkyl halides is 3. The van der Waals surface area contributed by atoms with Crippen molar-refractivity contribution in [2.45, 2.75) is 24.7 Å². The summed E-state index contributed by atoms with van der Waals surface area (Å²) >= 11 is 0. The van der Waals surface area contributed by atoms with Crippen molar-refractivity contribution in [1.82, 2.24) is 19.8 Å². The summed E-state index contributed by atoms with van der Waals surface area (Å²) in [6.45, 7) is 8.35. The fraction of sp³-hybridized carbons (Fsp3) is 0.480. The average molecular weight is 517 g/mol. The summed E-state index contributed by atoms with van der Waals surface area (Å²) in [5.74, 6) is -0.0827. The fourth-order valence-electron chi connectivity index (χ4n) is 5.29. The Morgan fingerprint density at radius 2 is 1.95 bits per heavy atom. The summed E-state index contributed by atoms with van der Waals surface area (Å²) in [5.41, 5.74) is 1.12. The molecule has 0 radical (unpaired) electrons. The molecule has 196 valence electrons. The number of carbonyl (C=O) groups excluding carboxylic acids is 1. The molecule has 6 heterocycles. The second kappa shape index (κ2) is 9.18. The highest BCUT2D eigenvalue weighted by Gasteiger charge is 2.44. The van der Waals surface area contributed by atoms with Crippen LogP contribution in [-0.4, -0.2) is 84.2 Å². The molecule has 12 heteroatoms. The maximum absolute atomic E-state index is 14.1. The second-order valence-corrected chi connectivity index (χ2v) is 9.69. The van der Waals surface area contributed by atoms with Gasteiger partial charge >= 0.3 is 6.18 Å². The molecule has 0 aromatic carbocycles. The van der Waals surface area contributed by atoms with Gasteiger partial charge in [-0.15, -0.1) is 0 Å². The molecule has 4 aliphatic rings. The van der Waals surface area contributed by atoms with E-state index in [1.165, 1.54) is 6.08 Å². The molecule has 0 aliphatic carbocycles. The Hall–Kier alpha value is -3.38. The van der Waals surface area contributed by atoms with Crippen molar-refractivity contribution < 1.29 is 27.4 Å². The van der Waals surface area contributed by atoms with Crippen LogP contribution in [0.1, 0.15) is 22.9 Å². The van der Waals surface area contributed by atoms with Crippen LogP contribution < -0.4 is 15.0 Å². The molecular weight excluding hydrogens is 489 g/mol. The van der Waals surface area contributed by atoms with Gasteiger partial charge in [-0.1, -0.05) is 6.58 Å². The van der Waals surface area contributed by atoms with Crippen LogP contribution in [0.25, 0.3) is 0 Å². The Balaban J connectivity index is 1.25. The van der Waals surface area contributed by atoms with E-state index in [9.17, 15) is 18.0 Å².